The minimum Gasteiger partial charge on any atom is -0.338 e. The maximum Gasteiger partial charge on any atom is 0.240 e. The Hall–Kier alpha value is -3.00. The van der Waals surface area contributed by atoms with Gasteiger partial charge in [0.1, 0.15) is 11.6 Å². The number of aromatic nitrogens is 5. The van der Waals surface area contributed by atoms with Crippen molar-refractivity contribution < 1.29 is 8.91 Å². The molecule has 4 aromatic rings. The van der Waals surface area contributed by atoms with Gasteiger partial charge in [0.2, 0.25) is 11.7 Å². The SMILES string of the molecule is Cc1ccc(-c2noc(C(C)Sc3nnc(C4CC4)n3-c3ccccc3)n2)cc1F. The van der Waals surface area contributed by atoms with Crippen LogP contribution in [0.15, 0.2) is 58.2 Å². The van der Waals surface area contributed by atoms with E-state index in [-0.39, 0.29) is 11.1 Å². The lowest BCUT2D eigenvalue weighted by molar-refractivity contribution is 0.380. The molecule has 1 aliphatic carbocycles. The Labute approximate surface area is 177 Å². The fourth-order valence-electron chi connectivity index (χ4n) is 3.24. The molecule has 2 heterocycles. The fraction of sp³-hybridized carbons (Fsp3) is 0.273. The summed E-state index contributed by atoms with van der Waals surface area (Å²) in [5.74, 6) is 2.02. The maximum absolute atomic E-state index is 13.9. The summed E-state index contributed by atoms with van der Waals surface area (Å²) in [6.45, 7) is 3.71. The molecule has 0 N–H and O–H groups in total. The molecule has 1 unspecified atom stereocenters. The average Bonchev–Trinajstić information content (AvgIpc) is 3.32. The Morgan fingerprint density at radius 1 is 1.13 bits per heavy atom. The van der Waals surface area contributed by atoms with Crippen LogP contribution in [0.3, 0.4) is 0 Å². The summed E-state index contributed by atoms with van der Waals surface area (Å²) in [6.07, 6.45) is 2.29. The molecular formula is C22H20FN5OS. The highest BCUT2D eigenvalue weighted by atomic mass is 32.2. The standard InChI is InChI=1S/C22H20FN5OS/c1-13-8-9-16(12-18(13)23)19-24-21(29-27-19)14(2)30-22-26-25-20(15-10-11-15)28(22)17-6-4-3-5-7-17/h3-9,12,14-15H,10-11H2,1-2H3. The highest BCUT2D eigenvalue weighted by Crippen LogP contribution is 2.43. The number of rotatable bonds is 6. The topological polar surface area (TPSA) is 69.6 Å². The van der Waals surface area contributed by atoms with Crippen molar-refractivity contribution in [1.82, 2.24) is 24.9 Å². The first-order valence-electron chi connectivity index (χ1n) is 9.87. The van der Waals surface area contributed by atoms with Crippen LogP contribution in [0.4, 0.5) is 4.39 Å². The van der Waals surface area contributed by atoms with E-state index < -0.39 is 0 Å². The van der Waals surface area contributed by atoms with Gasteiger partial charge in [0.15, 0.2) is 5.16 Å². The molecule has 2 aromatic heterocycles. The number of halogens is 1. The van der Waals surface area contributed by atoms with E-state index in [1.54, 1.807) is 19.1 Å². The van der Waals surface area contributed by atoms with Gasteiger partial charge in [-0.25, -0.2) is 4.39 Å². The van der Waals surface area contributed by atoms with Crippen molar-refractivity contribution in [3.63, 3.8) is 0 Å². The third-order valence-electron chi connectivity index (χ3n) is 5.12. The number of hydrogen-bond donors (Lipinski definition) is 0. The number of hydrogen-bond acceptors (Lipinski definition) is 6. The van der Waals surface area contributed by atoms with E-state index in [0.29, 0.717) is 28.8 Å². The second kappa shape index (κ2) is 7.68. The van der Waals surface area contributed by atoms with Crippen molar-refractivity contribution in [3.05, 3.63) is 71.6 Å². The van der Waals surface area contributed by atoms with Gasteiger partial charge in [0.25, 0.3) is 0 Å². The van der Waals surface area contributed by atoms with Crippen LogP contribution >= 0.6 is 11.8 Å². The molecule has 8 heteroatoms. The molecule has 152 valence electrons. The predicted molar refractivity (Wildman–Crippen MR) is 112 cm³/mol. The number of nitrogens with zero attached hydrogens (tertiary/aromatic N) is 5. The monoisotopic (exact) mass is 421 g/mol. The van der Waals surface area contributed by atoms with Crippen LogP contribution in [0, 0.1) is 12.7 Å². The van der Waals surface area contributed by atoms with Crippen LogP contribution in [0.25, 0.3) is 17.1 Å². The zero-order chi connectivity index (χ0) is 20.7. The van der Waals surface area contributed by atoms with Crippen LogP contribution in [-0.4, -0.2) is 24.9 Å². The molecule has 0 saturated heterocycles. The van der Waals surface area contributed by atoms with Crippen molar-refractivity contribution >= 4 is 11.8 Å². The van der Waals surface area contributed by atoms with Gasteiger partial charge >= 0.3 is 0 Å². The van der Waals surface area contributed by atoms with Gasteiger partial charge in [0, 0.05) is 17.2 Å². The first-order valence-corrected chi connectivity index (χ1v) is 10.8. The normalized spacial score (nSPS) is 14.8. The minimum absolute atomic E-state index is 0.139. The Kier molecular flexibility index (Phi) is 4.86. The fourth-order valence-corrected chi connectivity index (χ4v) is 4.15. The van der Waals surface area contributed by atoms with Crippen molar-refractivity contribution in [3.8, 4) is 17.1 Å². The molecule has 0 bridgehead atoms. The van der Waals surface area contributed by atoms with Crippen molar-refractivity contribution in [2.75, 3.05) is 0 Å². The van der Waals surface area contributed by atoms with Gasteiger partial charge in [-0.05, 0) is 50.5 Å². The Balaban J connectivity index is 1.42. The summed E-state index contributed by atoms with van der Waals surface area (Å²) in [5, 5.41) is 13.6. The summed E-state index contributed by atoms with van der Waals surface area (Å²) < 4.78 is 21.5. The van der Waals surface area contributed by atoms with Gasteiger partial charge in [-0.3, -0.25) is 4.57 Å². The number of aryl methyl sites for hydroxylation is 1. The van der Waals surface area contributed by atoms with Crippen molar-refractivity contribution in [1.29, 1.82) is 0 Å². The average molecular weight is 422 g/mol. The highest BCUT2D eigenvalue weighted by Gasteiger charge is 2.32. The lowest BCUT2D eigenvalue weighted by Gasteiger charge is -2.11. The first-order chi connectivity index (χ1) is 14.6. The second-order valence-electron chi connectivity index (χ2n) is 7.47. The summed E-state index contributed by atoms with van der Waals surface area (Å²) in [5.41, 5.74) is 2.22. The van der Waals surface area contributed by atoms with E-state index in [1.165, 1.54) is 17.8 Å². The van der Waals surface area contributed by atoms with Crippen LogP contribution in [0.2, 0.25) is 0 Å². The zero-order valence-electron chi connectivity index (χ0n) is 16.6. The van der Waals surface area contributed by atoms with Crippen molar-refractivity contribution in [2.45, 2.75) is 43.0 Å². The number of benzene rings is 2. The third-order valence-corrected chi connectivity index (χ3v) is 6.15. The van der Waals surface area contributed by atoms with Crippen molar-refractivity contribution in [2.24, 2.45) is 0 Å². The van der Waals surface area contributed by atoms with Crippen LogP contribution in [0.5, 0.6) is 0 Å². The summed E-state index contributed by atoms with van der Waals surface area (Å²) in [7, 11) is 0. The number of thioether (sulfide) groups is 1. The molecular weight excluding hydrogens is 401 g/mol. The predicted octanol–water partition coefficient (Wildman–Crippen LogP) is 5.50. The molecule has 0 radical (unpaired) electrons. The van der Waals surface area contributed by atoms with Crippen LogP contribution in [0.1, 0.15) is 48.2 Å². The molecule has 1 atom stereocenters. The van der Waals surface area contributed by atoms with Gasteiger partial charge in [-0.15, -0.1) is 10.2 Å². The molecule has 0 spiro atoms. The molecule has 0 amide bonds. The quantitative estimate of drug-likeness (QED) is 0.383. The molecule has 30 heavy (non-hydrogen) atoms. The lowest BCUT2D eigenvalue weighted by Crippen LogP contribution is -2.02. The Morgan fingerprint density at radius 3 is 2.67 bits per heavy atom. The Bertz CT molecular complexity index is 1190. The van der Waals surface area contributed by atoms with Gasteiger partial charge in [-0.2, -0.15) is 4.98 Å². The van der Waals surface area contributed by atoms with E-state index in [2.05, 4.69) is 37.0 Å². The summed E-state index contributed by atoms with van der Waals surface area (Å²) in [6, 6.07) is 15.0. The third kappa shape index (κ3) is 3.63. The van der Waals surface area contributed by atoms with Gasteiger partial charge in [0.05, 0.1) is 5.25 Å². The molecule has 1 aliphatic rings. The van der Waals surface area contributed by atoms with E-state index in [9.17, 15) is 4.39 Å². The first kappa shape index (κ1) is 19.0. The van der Waals surface area contributed by atoms with E-state index in [1.807, 2.05) is 25.1 Å². The van der Waals surface area contributed by atoms with Gasteiger partial charge in [-0.1, -0.05) is 47.3 Å². The van der Waals surface area contributed by atoms with E-state index in [0.717, 1.165) is 29.5 Å². The summed E-state index contributed by atoms with van der Waals surface area (Å²) in [4.78, 5) is 4.48. The van der Waals surface area contributed by atoms with Crippen LogP contribution < -0.4 is 0 Å². The van der Waals surface area contributed by atoms with Crippen LogP contribution in [-0.2, 0) is 0 Å². The maximum atomic E-state index is 13.9. The largest absolute Gasteiger partial charge is 0.338 e. The molecule has 6 nitrogen and oxygen atoms in total. The minimum atomic E-state index is -0.287. The molecule has 1 saturated carbocycles. The van der Waals surface area contributed by atoms with Gasteiger partial charge < -0.3 is 4.52 Å². The smallest absolute Gasteiger partial charge is 0.240 e. The zero-order valence-corrected chi connectivity index (χ0v) is 17.4. The molecule has 1 fully saturated rings. The highest BCUT2D eigenvalue weighted by molar-refractivity contribution is 7.99. The second-order valence-corrected chi connectivity index (χ2v) is 8.77. The van der Waals surface area contributed by atoms with E-state index in [4.69, 9.17) is 4.52 Å². The van der Waals surface area contributed by atoms with E-state index >= 15 is 0 Å². The molecule has 0 aliphatic heterocycles. The lowest BCUT2D eigenvalue weighted by atomic mass is 10.1. The summed E-state index contributed by atoms with van der Waals surface area (Å²) >= 11 is 1.52. The Morgan fingerprint density at radius 2 is 1.93 bits per heavy atom. The molecule has 2 aromatic carbocycles. The number of para-hydroxylation sites is 1. The molecule has 5 rings (SSSR count).